The van der Waals surface area contributed by atoms with E-state index in [-0.39, 0.29) is 11.7 Å². The predicted molar refractivity (Wildman–Crippen MR) is 77.6 cm³/mol. The molecule has 0 bridgehead atoms. The third kappa shape index (κ3) is 2.84. The Morgan fingerprint density at radius 1 is 1.00 bits per heavy atom. The molecular weight excluding hydrogens is 236 g/mol. The van der Waals surface area contributed by atoms with Crippen LogP contribution in [-0.4, -0.2) is 12.9 Å². The number of Topliss-reactive ketones (excluding diaryl/α,β-unsaturated/α-hetero) is 1. The fourth-order valence-corrected chi connectivity index (χ4v) is 2.02. The van der Waals surface area contributed by atoms with Gasteiger partial charge in [0.25, 0.3) is 0 Å². The van der Waals surface area contributed by atoms with E-state index in [0.29, 0.717) is 11.3 Å². The molecule has 0 aromatic heterocycles. The van der Waals surface area contributed by atoms with Gasteiger partial charge in [-0.1, -0.05) is 50.2 Å². The normalized spacial score (nSPS) is 10.5. The van der Waals surface area contributed by atoms with E-state index in [9.17, 15) is 4.79 Å². The number of ether oxygens (including phenoxy) is 1. The molecule has 2 rings (SSSR count). The van der Waals surface area contributed by atoms with Crippen LogP contribution in [0.3, 0.4) is 0 Å². The molecule has 98 valence electrons. The summed E-state index contributed by atoms with van der Waals surface area (Å²) in [5.74, 6) is 0.702. The van der Waals surface area contributed by atoms with E-state index in [0.717, 1.165) is 11.1 Å². The van der Waals surface area contributed by atoms with Gasteiger partial charge in [0, 0.05) is 5.92 Å². The molecule has 0 aliphatic rings. The van der Waals surface area contributed by atoms with Gasteiger partial charge in [-0.05, 0) is 23.3 Å². The number of carbonyl (C=O) groups excluding carboxylic acids is 1. The minimum Gasteiger partial charge on any atom is -0.496 e. The Bertz CT molecular complexity index is 571. The lowest BCUT2D eigenvalue weighted by Crippen LogP contribution is -2.09. The molecular formula is C17H18O2. The fourth-order valence-electron chi connectivity index (χ4n) is 2.02. The highest BCUT2D eigenvalue weighted by atomic mass is 16.5. The van der Waals surface area contributed by atoms with Crippen molar-refractivity contribution in [1.82, 2.24) is 0 Å². The molecule has 0 saturated heterocycles. The standard InChI is InChI=1S/C17H18O2/c1-12(2)17(18)15-11-14(9-10-16(15)19-3)13-7-5-4-6-8-13/h4-12H,1-3H3. The molecule has 0 amide bonds. The second-order valence-corrected chi connectivity index (χ2v) is 4.80. The number of hydrogen-bond acceptors (Lipinski definition) is 2. The Kier molecular flexibility index (Phi) is 4.00. The predicted octanol–water partition coefficient (Wildman–Crippen LogP) is 4.20. The smallest absolute Gasteiger partial charge is 0.169 e. The molecule has 0 atom stereocenters. The minimum atomic E-state index is -0.0417. The van der Waals surface area contributed by atoms with E-state index < -0.39 is 0 Å². The molecule has 0 aliphatic heterocycles. The summed E-state index contributed by atoms with van der Waals surface area (Å²) in [7, 11) is 1.59. The van der Waals surface area contributed by atoms with Crippen LogP contribution in [0.15, 0.2) is 48.5 Å². The van der Waals surface area contributed by atoms with Gasteiger partial charge >= 0.3 is 0 Å². The van der Waals surface area contributed by atoms with Gasteiger partial charge in [0.05, 0.1) is 12.7 Å². The summed E-state index contributed by atoms with van der Waals surface area (Å²) in [6, 6.07) is 15.8. The van der Waals surface area contributed by atoms with Gasteiger partial charge < -0.3 is 4.74 Å². The van der Waals surface area contributed by atoms with Gasteiger partial charge in [-0.25, -0.2) is 0 Å². The number of carbonyl (C=O) groups is 1. The van der Waals surface area contributed by atoms with Gasteiger partial charge in [0.15, 0.2) is 5.78 Å². The highest BCUT2D eigenvalue weighted by Gasteiger charge is 2.16. The van der Waals surface area contributed by atoms with Crippen LogP contribution in [0.2, 0.25) is 0 Å². The number of methoxy groups -OCH3 is 1. The lowest BCUT2D eigenvalue weighted by Gasteiger charge is -2.12. The van der Waals surface area contributed by atoms with Gasteiger partial charge in [-0.2, -0.15) is 0 Å². The molecule has 2 heteroatoms. The van der Waals surface area contributed by atoms with Crippen LogP contribution in [0, 0.1) is 5.92 Å². The summed E-state index contributed by atoms with van der Waals surface area (Å²) >= 11 is 0. The first-order valence-electron chi connectivity index (χ1n) is 6.41. The molecule has 2 aromatic rings. The molecule has 2 aromatic carbocycles. The van der Waals surface area contributed by atoms with Crippen molar-refractivity contribution in [3.05, 3.63) is 54.1 Å². The monoisotopic (exact) mass is 254 g/mol. The lowest BCUT2D eigenvalue weighted by atomic mass is 9.96. The number of rotatable bonds is 4. The molecule has 0 saturated carbocycles. The van der Waals surface area contributed by atoms with Gasteiger partial charge in [0.2, 0.25) is 0 Å². The van der Waals surface area contributed by atoms with Crippen molar-refractivity contribution >= 4 is 5.78 Å². The SMILES string of the molecule is COc1ccc(-c2ccccc2)cc1C(=O)C(C)C. The van der Waals surface area contributed by atoms with E-state index in [1.807, 2.05) is 62.4 Å². The zero-order valence-electron chi connectivity index (χ0n) is 11.5. The summed E-state index contributed by atoms with van der Waals surface area (Å²) in [6.45, 7) is 3.80. The summed E-state index contributed by atoms with van der Waals surface area (Å²) < 4.78 is 5.29. The molecule has 0 spiro atoms. The maximum atomic E-state index is 12.2. The Balaban J connectivity index is 2.50. The van der Waals surface area contributed by atoms with Crippen LogP contribution < -0.4 is 4.74 Å². The largest absolute Gasteiger partial charge is 0.496 e. The van der Waals surface area contributed by atoms with Crippen molar-refractivity contribution < 1.29 is 9.53 Å². The van der Waals surface area contributed by atoms with Crippen LogP contribution in [-0.2, 0) is 0 Å². The Hall–Kier alpha value is -2.09. The van der Waals surface area contributed by atoms with Crippen LogP contribution >= 0.6 is 0 Å². The maximum Gasteiger partial charge on any atom is 0.169 e. The summed E-state index contributed by atoms with van der Waals surface area (Å²) in [4.78, 5) is 12.2. The van der Waals surface area contributed by atoms with E-state index >= 15 is 0 Å². The first-order chi connectivity index (χ1) is 9.13. The van der Waals surface area contributed by atoms with Crippen molar-refractivity contribution in [1.29, 1.82) is 0 Å². The van der Waals surface area contributed by atoms with Gasteiger partial charge in [0.1, 0.15) is 5.75 Å². The Morgan fingerprint density at radius 2 is 1.68 bits per heavy atom. The highest BCUT2D eigenvalue weighted by molar-refractivity contribution is 6.01. The van der Waals surface area contributed by atoms with Crippen LogP contribution in [0.5, 0.6) is 5.75 Å². The first-order valence-corrected chi connectivity index (χ1v) is 6.41. The van der Waals surface area contributed by atoms with Crippen molar-refractivity contribution in [2.45, 2.75) is 13.8 Å². The quantitative estimate of drug-likeness (QED) is 0.764. The zero-order valence-corrected chi connectivity index (χ0v) is 11.5. The van der Waals surface area contributed by atoms with Crippen LogP contribution in [0.4, 0.5) is 0 Å². The van der Waals surface area contributed by atoms with Crippen LogP contribution in [0.1, 0.15) is 24.2 Å². The van der Waals surface area contributed by atoms with E-state index in [4.69, 9.17) is 4.74 Å². The van der Waals surface area contributed by atoms with Crippen molar-refractivity contribution in [2.24, 2.45) is 5.92 Å². The van der Waals surface area contributed by atoms with Gasteiger partial charge in [-0.15, -0.1) is 0 Å². The average Bonchev–Trinajstić information content (AvgIpc) is 2.46. The molecule has 0 aliphatic carbocycles. The number of benzene rings is 2. The first kappa shape index (κ1) is 13.3. The molecule has 0 radical (unpaired) electrons. The summed E-state index contributed by atoms with van der Waals surface area (Å²) in [6.07, 6.45) is 0. The van der Waals surface area contributed by atoms with E-state index in [1.165, 1.54) is 0 Å². The van der Waals surface area contributed by atoms with E-state index in [2.05, 4.69) is 0 Å². The molecule has 0 fully saturated rings. The molecule has 0 unspecified atom stereocenters. The Labute approximate surface area is 114 Å². The highest BCUT2D eigenvalue weighted by Crippen LogP contribution is 2.28. The van der Waals surface area contributed by atoms with Crippen molar-refractivity contribution in [3.63, 3.8) is 0 Å². The topological polar surface area (TPSA) is 26.3 Å². The number of hydrogen-bond donors (Lipinski definition) is 0. The fraction of sp³-hybridized carbons (Fsp3) is 0.235. The molecule has 19 heavy (non-hydrogen) atoms. The second-order valence-electron chi connectivity index (χ2n) is 4.80. The zero-order chi connectivity index (χ0) is 13.8. The average molecular weight is 254 g/mol. The maximum absolute atomic E-state index is 12.2. The third-order valence-corrected chi connectivity index (χ3v) is 3.10. The third-order valence-electron chi connectivity index (χ3n) is 3.10. The van der Waals surface area contributed by atoms with E-state index in [1.54, 1.807) is 7.11 Å². The molecule has 0 heterocycles. The van der Waals surface area contributed by atoms with Gasteiger partial charge in [-0.3, -0.25) is 4.79 Å². The second kappa shape index (κ2) is 5.70. The molecule has 0 N–H and O–H groups in total. The summed E-state index contributed by atoms with van der Waals surface area (Å²) in [5, 5.41) is 0. The number of ketones is 1. The van der Waals surface area contributed by atoms with Crippen LogP contribution in [0.25, 0.3) is 11.1 Å². The molecule has 2 nitrogen and oxygen atoms in total. The summed E-state index contributed by atoms with van der Waals surface area (Å²) in [5.41, 5.74) is 2.78. The Morgan fingerprint density at radius 3 is 2.26 bits per heavy atom. The van der Waals surface area contributed by atoms with Crippen molar-refractivity contribution in [2.75, 3.05) is 7.11 Å². The lowest BCUT2D eigenvalue weighted by molar-refractivity contribution is 0.0936. The minimum absolute atomic E-state index is 0.0417. The van der Waals surface area contributed by atoms with Crippen molar-refractivity contribution in [3.8, 4) is 16.9 Å².